The van der Waals surface area contributed by atoms with Gasteiger partial charge in [0.25, 0.3) is 0 Å². The van der Waals surface area contributed by atoms with Gasteiger partial charge in [0.2, 0.25) is 0 Å². The highest BCUT2D eigenvalue weighted by Crippen LogP contribution is 2.34. The van der Waals surface area contributed by atoms with Gasteiger partial charge in [-0.05, 0) is 43.2 Å². The fourth-order valence-corrected chi connectivity index (χ4v) is 3.62. The molecule has 2 heterocycles. The van der Waals surface area contributed by atoms with E-state index in [9.17, 15) is 0 Å². The highest BCUT2D eigenvalue weighted by atomic mass is 16.5. The summed E-state index contributed by atoms with van der Waals surface area (Å²) in [6, 6.07) is 9.33. The molecule has 2 aliphatic heterocycles. The van der Waals surface area contributed by atoms with Crippen LogP contribution in [0, 0.1) is 0 Å². The van der Waals surface area contributed by atoms with Crippen molar-refractivity contribution in [1.82, 2.24) is 5.32 Å². The van der Waals surface area contributed by atoms with Crippen molar-refractivity contribution in [2.45, 2.75) is 57.2 Å². The lowest BCUT2D eigenvalue weighted by Crippen LogP contribution is -2.49. The van der Waals surface area contributed by atoms with Crippen LogP contribution in [0.1, 0.15) is 43.7 Å². The quantitative estimate of drug-likeness (QED) is 0.924. The van der Waals surface area contributed by atoms with Gasteiger partial charge < -0.3 is 14.8 Å². The average molecular weight is 289 g/mol. The second-order valence-corrected chi connectivity index (χ2v) is 6.34. The Hall–Kier alpha value is -0.900. The molecule has 0 saturated carbocycles. The van der Waals surface area contributed by atoms with Gasteiger partial charge in [-0.2, -0.15) is 0 Å². The number of ether oxygens (including phenoxy) is 2. The molecule has 0 aliphatic carbocycles. The number of benzene rings is 1. The Kier molecular flexibility index (Phi) is 4.94. The van der Waals surface area contributed by atoms with E-state index in [-0.39, 0.29) is 5.60 Å². The highest BCUT2D eigenvalue weighted by molar-refractivity contribution is 5.26. The summed E-state index contributed by atoms with van der Waals surface area (Å²) in [7, 11) is 0. The van der Waals surface area contributed by atoms with Crippen LogP contribution >= 0.6 is 0 Å². The van der Waals surface area contributed by atoms with Crippen LogP contribution in [-0.4, -0.2) is 31.5 Å². The molecular weight excluding hydrogens is 262 g/mol. The van der Waals surface area contributed by atoms with Gasteiger partial charge >= 0.3 is 0 Å². The zero-order valence-electron chi connectivity index (χ0n) is 13.1. The molecule has 3 heteroatoms. The molecule has 2 saturated heterocycles. The number of rotatable bonds is 4. The lowest BCUT2D eigenvalue weighted by Gasteiger charge is -2.43. The van der Waals surface area contributed by atoms with Crippen molar-refractivity contribution < 1.29 is 9.47 Å². The molecule has 21 heavy (non-hydrogen) atoms. The van der Waals surface area contributed by atoms with Crippen LogP contribution in [0.2, 0.25) is 0 Å². The van der Waals surface area contributed by atoms with Crippen LogP contribution in [0.25, 0.3) is 0 Å². The number of hydrogen-bond donors (Lipinski definition) is 1. The molecule has 116 valence electrons. The van der Waals surface area contributed by atoms with Gasteiger partial charge in [0.15, 0.2) is 0 Å². The van der Waals surface area contributed by atoms with Crippen molar-refractivity contribution >= 4 is 0 Å². The number of nitrogens with one attached hydrogen (secondary N) is 1. The van der Waals surface area contributed by atoms with Crippen molar-refractivity contribution in [2.75, 3.05) is 19.8 Å². The highest BCUT2D eigenvalue weighted by Gasteiger charge is 2.38. The first-order valence-electron chi connectivity index (χ1n) is 8.33. The first kappa shape index (κ1) is 15.0. The molecule has 0 bridgehead atoms. The maximum atomic E-state index is 6.11. The maximum Gasteiger partial charge on any atom is 0.0741 e. The average Bonchev–Trinajstić information content (AvgIpc) is 2.54. The minimum absolute atomic E-state index is 0.0818. The van der Waals surface area contributed by atoms with Gasteiger partial charge in [0.05, 0.1) is 5.60 Å². The molecule has 3 rings (SSSR count). The summed E-state index contributed by atoms with van der Waals surface area (Å²) < 4.78 is 11.6. The van der Waals surface area contributed by atoms with E-state index in [1.807, 2.05) is 0 Å². The SMILES string of the molecule is CCc1ccccc1CNC1CCOC2(CCOCC2)C1. The Labute approximate surface area is 128 Å². The van der Waals surface area contributed by atoms with Gasteiger partial charge in [0, 0.05) is 32.4 Å². The van der Waals surface area contributed by atoms with Crippen molar-refractivity contribution in [3.05, 3.63) is 35.4 Å². The topological polar surface area (TPSA) is 30.5 Å². The van der Waals surface area contributed by atoms with Crippen LogP contribution in [0.4, 0.5) is 0 Å². The van der Waals surface area contributed by atoms with Crippen LogP contribution in [-0.2, 0) is 22.4 Å². The first-order valence-corrected chi connectivity index (χ1v) is 8.33. The Morgan fingerprint density at radius 3 is 2.67 bits per heavy atom. The third-order valence-corrected chi connectivity index (χ3v) is 4.98. The summed E-state index contributed by atoms with van der Waals surface area (Å²) in [4.78, 5) is 0. The Morgan fingerprint density at radius 1 is 1.14 bits per heavy atom. The summed E-state index contributed by atoms with van der Waals surface area (Å²) in [5.74, 6) is 0. The van der Waals surface area contributed by atoms with Gasteiger partial charge in [-0.15, -0.1) is 0 Å². The van der Waals surface area contributed by atoms with Gasteiger partial charge in [-0.1, -0.05) is 31.2 Å². The lowest BCUT2D eigenvalue weighted by molar-refractivity contribution is -0.140. The minimum Gasteiger partial charge on any atom is -0.381 e. The fraction of sp³-hybridized carbons (Fsp3) is 0.667. The van der Waals surface area contributed by atoms with Crippen LogP contribution in [0.15, 0.2) is 24.3 Å². The summed E-state index contributed by atoms with van der Waals surface area (Å²) in [5.41, 5.74) is 2.98. The van der Waals surface area contributed by atoms with E-state index < -0.39 is 0 Å². The predicted octanol–water partition coefficient (Wildman–Crippen LogP) is 3.07. The normalized spacial score (nSPS) is 25.1. The monoisotopic (exact) mass is 289 g/mol. The molecule has 2 aliphatic rings. The van der Waals surface area contributed by atoms with Gasteiger partial charge in [-0.25, -0.2) is 0 Å². The smallest absolute Gasteiger partial charge is 0.0741 e. The molecule has 1 aromatic carbocycles. The second-order valence-electron chi connectivity index (χ2n) is 6.34. The Bertz CT molecular complexity index is 449. The van der Waals surface area contributed by atoms with Crippen molar-refractivity contribution in [3.8, 4) is 0 Å². The summed E-state index contributed by atoms with van der Waals surface area (Å²) >= 11 is 0. The fourth-order valence-electron chi connectivity index (χ4n) is 3.62. The van der Waals surface area contributed by atoms with Crippen molar-refractivity contribution in [2.24, 2.45) is 0 Å². The van der Waals surface area contributed by atoms with E-state index in [1.165, 1.54) is 11.1 Å². The summed E-state index contributed by atoms with van der Waals surface area (Å²) in [6.07, 6.45) is 5.46. The molecular formula is C18H27NO2. The molecule has 2 fully saturated rings. The molecule has 1 spiro atoms. The summed E-state index contributed by atoms with van der Waals surface area (Å²) in [6.45, 7) is 5.79. The first-order chi connectivity index (χ1) is 10.3. The van der Waals surface area contributed by atoms with E-state index in [2.05, 4.69) is 36.5 Å². The third-order valence-electron chi connectivity index (χ3n) is 4.98. The summed E-state index contributed by atoms with van der Waals surface area (Å²) in [5, 5.41) is 3.76. The van der Waals surface area contributed by atoms with E-state index in [1.54, 1.807) is 0 Å². The molecule has 1 N–H and O–H groups in total. The lowest BCUT2D eigenvalue weighted by atomic mass is 9.84. The number of aryl methyl sites for hydroxylation is 1. The molecule has 1 unspecified atom stereocenters. The van der Waals surface area contributed by atoms with E-state index in [0.29, 0.717) is 6.04 Å². The zero-order chi connectivity index (χ0) is 14.5. The zero-order valence-corrected chi connectivity index (χ0v) is 13.1. The van der Waals surface area contributed by atoms with Gasteiger partial charge in [-0.3, -0.25) is 0 Å². The van der Waals surface area contributed by atoms with Crippen molar-refractivity contribution in [3.63, 3.8) is 0 Å². The van der Waals surface area contributed by atoms with E-state index in [0.717, 1.165) is 58.5 Å². The Morgan fingerprint density at radius 2 is 1.90 bits per heavy atom. The molecule has 3 nitrogen and oxygen atoms in total. The molecule has 1 aromatic rings. The van der Waals surface area contributed by atoms with E-state index in [4.69, 9.17) is 9.47 Å². The predicted molar refractivity (Wildman–Crippen MR) is 84.4 cm³/mol. The molecule has 0 amide bonds. The second kappa shape index (κ2) is 6.91. The minimum atomic E-state index is 0.0818. The van der Waals surface area contributed by atoms with E-state index >= 15 is 0 Å². The molecule has 0 aromatic heterocycles. The van der Waals surface area contributed by atoms with Crippen LogP contribution in [0.5, 0.6) is 0 Å². The van der Waals surface area contributed by atoms with Crippen LogP contribution in [0.3, 0.4) is 0 Å². The number of hydrogen-bond acceptors (Lipinski definition) is 3. The van der Waals surface area contributed by atoms with Gasteiger partial charge in [0.1, 0.15) is 0 Å². The van der Waals surface area contributed by atoms with Crippen molar-refractivity contribution in [1.29, 1.82) is 0 Å². The largest absolute Gasteiger partial charge is 0.381 e. The molecule has 0 radical (unpaired) electrons. The third kappa shape index (κ3) is 3.65. The standard InChI is InChI=1S/C18H27NO2/c1-2-15-5-3-4-6-16(15)14-19-17-7-10-21-18(13-17)8-11-20-12-9-18/h3-6,17,19H,2,7-14H2,1H3. The maximum absolute atomic E-state index is 6.11. The Balaban J connectivity index is 1.57. The van der Waals surface area contributed by atoms with Crippen LogP contribution < -0.4 is 5.32 Å². The molecule has 1 atom stereocenters.